The van der Waals surface area contributed by atoms with Crippen LogP contribution in [0, 0.1) is 0 Å². The standard InChI is InChI=1S/C18H25NO7/c1-10(20)19-14-15(21)16-13(9-23-18(2,3)26-16)25-17(14)24-12-7-5-6-11(8-12)22-4/h5-8,13-17,21H,9H2,1-4H3,(H,19,20)/t13-,14-,15+,16+,17+/m1/s1. The molecule has 2 heterocycles. The number of benzene rings is 1. The molecular weight excluding hydrogens is 342 g/mol. The van der Waals surface area contributed by atoms with Crippen LogP contribution in [-0.4, -0.2) is 61.2 Å². The molecule has 2 saturated heterocycles. The molecule has 1 aromatic carbocycles. The van der Waals surface area contributed by atoms with E-state index in [1.807, 2.05) is 0 Å². The molecule has 0 unspecified atom stereocenters. The van der Waals surface area contributed by atoms with Gasteiger partial charge in [0.25, 0.3) is 0 Å². The highest BCUT2D eigenvalue weighted by atomic mass is 16.8. The Labute approximate surface area is 152 Å². The number of fused-ring (bicyclic) bond motifs is 1. The number of hydrogen-bond donors (Lipinski definition) is 2. The van der Waals surface area contributed by atoms with Crippen LogP contribution in [0.5, 0.6) is 11.5 Å². The van der Waals surface area contributed by atoms with Crippen LogP contribution < -0.4 is 14.8 Å². The lowest BCUT2D eigenvalue weighted by atomic mass is 9.95. The van der Waals surface area contributed by atoms with E-state index < -0.39 is 36.4 Å². The average molecular weight is 367 g/mol. The van der Waals surface area contributed by atoms with Crippen molar-refractivity contribution in [3.8, 4) is 11.5 Å². The monoisotopic (exact) mass is 367 g/mol. The third-order valence-electron chi connectivity index (χ3n) is 4.35. The van der Waals surface area contributed by atoms with Crippen LogP contribution >= 0.6 is 0 Å². The molecule has 144 valence electrons. The van der Waals surface area contributed by atoms with Crippen molar-refractivity contribution in [2.45, 2.75) is 57.2 Å². The van der Waals surface area contributed by atoms with Gasteiger partial charge in [0.2, 0.25) is 12.2 Å². The van der Waals surface area contributed by atoms with Gasteiger partial charge in [0.05, 0.1) is 13.7 Å². The van der Waals surface area contributed by atoms with Gasteiger partial charge in [0, 0.05) is 13.0 Å². The molecule has 5 atom stereocenters. The lowest BCUT2D eigenvalue weighted by Gasteiger charge is -2.49. The number of nitrogens with one attached hydrogen (secondary N) is 1. The van der Waals surface area contributed by atoms with Gasteiger partial charge in [-0.05, 0) is 26.0 Å². The molecule has 1 aromatic rings. The number of aliphatic hydroxyl groups is 1. The Morgan fingerprint density at radius 3 is 2.77 bits per heavy atom. The molecule has 2 aliphatic rings. The molecule has 3 rings (SSSR count). The Balaban J connectivity index is 1.81. The first kappa shape index (κ1) is 18.9. The van der Waals surface area contributed by atoms with Gasteiger partial charge in [-0.1, -0.05) is 6.07 Å². The van der Waals surface area contributed by atoms with E-state index in [-0.39, 0.29) is 12.5 Å². The topological polar surface area (TPSA) is 95.5 Å². The fraction of sp³-hybridized carbons (Fsp3) is 0.611. The average Bonchev–Trinajstić information content (AvgIpc) is 2.58. The maximum atomic E-state index is 11.6. The van der Waals surface area contributed by atoms with Crippen LogP contribution in [0.4, 0.5) is 0 Å². The molecule has 0 saturated carbocycles. The zero-order valence-corrected chi connectivity index (χ0v) is 15.3. The van der Waals surface area contributed by atoms with Gasteiger partial charge in [-0.3, -0.25) is 4.79 Å². The van der Waals surface area contributed by atoms with Crippen LogP contribution in [0.3, 0.4) is 0 Å². The minimum absolute atomic E-state index is 0.249. The van der Waals surface area contributed by atoms with Crippen LogP contribution in [0.15, 0.2) is 24.3 Å². The summed E-state index contributed by atoms with van der Waals surface area (Å²) in [6.07, 6.45) is -3.08. The molecule has 0 spiro atoms. The number of aliphatic hydroxyl groups excluding tert-OH is 1. The molecule has 0 bridgehead atoms. The lowest BCUT2D eigenvalue weighted by Crippen LogP contribution is -2.69. The third kappa shape index (κ3) is 4.09. The quantitative estimate of drug-likeness (QED) is 0.813. The summed E-state index contributed by atoms with van der Waals surface area (Å²) in [5.74, 6) is -0.0267. The normalized spacial score (nSPS) is 33.0. The van der Waals surface area contributed by atoms with Crippen molar-refractivity contribution in [1.82, 2.24) is 5.32 Å². The number of amides is 1. The summed E-state index contributed by atoms with van der Waals surface area (Å²) in [7, 11) is 1.56. The number of ether oxygens (including phenoxy) is 5. The molecule has 1 amide bonds. The van der Waals surface area contributed by atoms with Crippen LogP contribution in [0.1, 0.15) is 20.8 Å². The maximum absolute atomic E-state index is 11.6. The van der Waals surface area contributed by atoms with Crippen molar-refractivity contribution in [2.75, 3.05) is 13.7 Å². The van der Waals surface area contributed by atoms with E-state index >= 15 is 0 Å². The fourth-order valence-electron chi connectivity index (χ4n) is 3.14. The third-order valence-corrected chi connectivity index (χ3v) is 4.35. The Bertz CT molecular complexity index is 650. The summed E-state index contributed by atoms with van der Waals surface area (Å²) >= 11 is 0. The smallest absolute Gasteiger partial charge is 0.223 e. The predicted molar refractivity (Wildman–Crippen MR) is 90.8 cm³/mol. The molecule has 8 nitrogen and oxygen atoms in total. The summed E-state index contributed by atoms with van der Waals surface area (Å²) in [5, 5.41) is 13.5. The molecule has 26 heavy (non-hydrogen) atoms. The van der Waals surface area contributed by atoms with Gasteiger partial charge in [-0.15, -0.1) is 0 Å². The highest BCUT2D eigenvalue weighted by Crippen LogP contribution is 2.33. The molecule has 0 radical (unpaired) electrons. The van der Waals surface area contributed by atoms with Crippen LogP contribution in [-0.2, 0) is 19.0 Å². The molecule has 2 fully saturated rings. The fourth-order valence-corrected chi connectivity index (χ4v) is 3.14. The van der Waals surface area contributed by atoms with E-state index in [1.165, 1.54) is 6.92 Å². The maximum Gasteiger partial charge on any atom is 0.223 e. The van der Waals surface area contributed by atoms with E-state index in [0.717, 1.165) is 0 Å². The highest BCUT2D eigenvalue weighted by molar-refractivity contribution is 5.73. The van der Waals surface area contributed by atoms with Crippen molar-refractivity contribution in [1.29, 1.82) is 0 Å². The van der Waals surface area contributed by atoms with E-state index in [4.69, 9.17) is 23.7 Å². The number of carbonyl (C=O) groups excluding carboxylic acids is 1. The van der Waals surface area contributed by atoms with E-state index in [9.17, 15) is 9.90 Å². The van der Waals surface area contributed by atoms with Gasteiger partial charge in [-0.25, -0.2) is 0 Å². The Morgan fingerprint density at radius 1 is 1.35 bits per heavy atom. The van der Waals surface area contributed by atoms with Crippen molar-refractivity contribution in [2.24, 2.45) is 0 Å². The van der Waals surface area contributed by atoms with E-state index in [1.54, 1.807) is 45.2 Å². The summed E-state index contributed by atoms with van der Waals surface area (Å²) in [4.78, 5) is 11.6. The Kier molecular flexibility index (Phi) is 5.38. The summed E-state index contributed by atoms with van der Waals surface area (Å²) in [6, 6.07) is 6.21. The van der Waals surface area contributed by atoms with Gasteiger partial charge in [-0.2, -0.15) is 0 Å². The zero-order chi connectivity index (χ0) is 18.9. The molecule has 2 N–H and O–H groups in total. The number of carbonyl (C=O) groups is 1. The summed E-state index contributed by atoms with van der Waals surface area (Å²) in [6.45, 7) is 5.15. The molecule has 2 aliphatic heterocycles. The van der Waals surface area contributed by atoms with Crippen molar-refractivity contribution >= 4 is 5.91 Å². The Hall–Kier alpha value is -1.87. The number of methoxy groups -OCH3 is 1. The van der Waals surface area contributed by atoms with Crippen LogP contribution in [0.2, 0.25) is 0 Å². The summed E-state index contributed by atoms with van der Waals surface area (Å²) < 4.78 is 28.5. The lowest BCUT2D eigenvalue weighted by molar-refractivity contribution is -0.361. The van der Waals surface area contributed by atoms with Gasteiger partial charge in [0.1, 0.15) is 35.9 Å². The Morgan fingerprint density at radius 2 is 2.08 bits per heavy atom. The van der Waals surface area contributed by atoms with Crippen molar-refractivity contribution in [3.05, 3.63) is 24.3 Å². The SMILES string of the molecule is COc1cccc(O[C@H]2O[C@@H]3COC(C)(C)O[C@@H]3[C@@H](O)[C@H]2NC(C)=O)c1. The minimum atomic E-state index is -1.02. The molecule has 8 heteroatoms. The second-order valence-electron chi connectivity index (χ2n) is 6.85. The molecular formula is C18H25NO7. The zero-order valence-electron chi connectivity index (χ0n) is 15.3. The van der Waals surface area contributed by atoms with Gasteiger partial charge >= 0.3 is 0 Å². The minimum Gasteiger partial charge on any atom is -0.497 e. The second-order valence-corrected chi connectivity index (χ2v) is 6.85. The first-order valence-corrected chi connectivity index (χ1v) is 8.52. The number of hydrogen-bond acceptors (Lipinski definition) is 7. The van der Waals surface area contributed by atoms with Gasteiger partial charge in [0.15, 0.2) is 5.79 Å². The molecule has 0 aromatic heterocycles. The van der Waals surface area contributed by atoms with E-state index in [2.05, 4.69) is 5.32 Å². The first-order valence-electron chi connectivity index (χ1n) is 8.52. The highest BCUT2D eigenvalue weighted by Gasteiger charge is 2.52. The van der Waals surface area contributed by atoms with Crippen molar-refractivity contribution < 1.29 is 33.6 Å². The summed E-state index contributed by atoms with van der Waals surface area (Å²) in [5.41, 5.74) is 0. The van der Waals surface area contributed by atoms with Gasteiger partial charge < -0.3 is 34.1 Å². The number of rotatable bonds is 4. The van der Waals surface area contributed by atoms with Crippen LogP contribution in [0.25, 0.3) is 0 Å². The second kappa shape index (κ2) is 7.40. The largest absolute Gasteiger partial charge is 0.497 e. The predicted octanol–water partition coefficient (Wildman–Crippen LogP) is 0.816. The van der Waals surface area contributed by atoms with Crippen molar-refractivity contribution in [3.63, 3.8) is 0 Å². The van der Waals surface area contributed by atoms with E-state index in [0.29, 0.717) is 11.5 Å². The first-order chi connectivity index (χ1) is 12.3. The molecule has 0 aliphatic carbocycles.